The second-order valence-electron chi connectivity index (χ2n) is 5.89. The van der Waals surface area contributed by atoms with Gasteiger partial charge < -0.3 is 5.73 Å². The summed E-state index contributed by atoms with van der Waals surface area (Å²) in [5.74, 6) is 0.498. The lowest BCUT2D eigenvalue weighted by molar-refractivity contribution is 0.572. The number of nitrogen functional groups attached to an aromatic ring is 1. The molecule has 0 saturated heterocycles. The van der Waals surface area contributed by atoms with Crippen molar-refractivity contribution in [1.82, 2.24) is 4.72 Å². The summed E-state index contributed by atoms with van der Waals surface area (Å²) in [4.78, 5) is 0.350. The monoisotopic (exact) mass is 296 g/mol. The molecule has 0 aromatic heterocycles. The Hall–Kier alpha value is -1.07. The molecule has 112 valence electrons. The van der Waals surface area contributed by atoms with Gasteiger partial charge in [0.25, 0.3) is 0 Å². The molecule has 4 nitrogen and oxygen atoms in total. The van der Waals surface area contributed by atoms with Gasteiger partial charge in [-0.2, -0.15) is 0 Å². The minimum atomic E-state index is -3.48. The van der Waals surface area contributed by atoms with Crippen LogP contribution in [0.1, 0.15) is 42.9 Å². The lowest BCUT2D eigenvalue weighted by atomic mass is 10.1. The fourth-order valence-corrected chi connectivity index (χ4v) is 4.74. The largest absolute Gasteiger partial charge is 0.398 e. The molecule has 0 aliphatic heterocycles. The molecule has 20 heavy (non-hydrogen) atoms. The first kappa shape index (κ1) is 15.3. The average Bonchev–Trinajstić information content (AvgIpc) is 3.03. The smallest absolute Gasteiger partial charge is 0.241 e. The summed E-state index contributed by atoms with van der Waals surface area (Å²) in [6.45, 7) is 7.63. The Balaban J connectivity index is 2.29. The first-order valence-corrected chi connectivity index (χ1v) is 8.64. The first-order chi connectivity index (χ1) is 9.27. The topological polar surface area (TPSA) is 72.2 Å². The summed E-state index contributed by atoms with van der Waals surface area (Å²) in [6, 6.07) is 1.94. The van der Waals surface area contributed by atoms with Crippen molar-refractivity contribution in [2.45, 2.75) is 57.9 Å². The van der Waals surface area contributed by atoms with Gasteiger partial charge in [0.1, 0.15) is 0 Å². The third-order valence-electron chi connectivity index (χ3n) is 4.12. The second-order valence-corrected chi connectivity index (χ2v) is 7.54. The fourth-order valence-electron chi connectivity index (χ4n) is 2.94. The zero-order valence-electron chi connectivity index (χ0n) is 12.7. The van der Waals surface area contributed by atoms with Crippen molar-refractivity contribution in [3.8, 4) is 0 Å². The number of hydrogen-bond acceptors (Lipinski definition) is 3. The Morgan fingerprint density at radius 1 is 1.30 bits per heavy atom. The maximum atomic E-state index is 12.6. The molecular weight excluding hydrogens is 272 g/mol. The average molecular weight is 296 g/mol. The molecule has 2 rings (SSSR count). The van der Waals surface area contributed by atoms with E-state index in [1.807, 2.05) is 19.9 Å². The molecule has 0 spiro atoms. The van der Waals surface area contributed by atoms with Crippen LogP contribution < -0.4 is 10.5 Å². The van der Waals surface area contributed by atoms with Gasteiger partial charge >= 0.3 is 0 Å². The number of nitrogens with two attached hydrogens (primary N) is 1. The highest BCUT2D eigenvalue weighted by atomic mass is 32.2. The van der Waals surface area contributed by atoms with Crippen molar-refractivity contribution >= 4 is 15.7 Å². The molecular formula is C15H24N2O2S. The van der Waals surface area contributed by atoms with Crippen LogP contribution in [0.3, 0.4) is 0 Å². The van der Waals surface area contributed by atoms with E-state index in [9.17, 15) is 8.42 Å². The minimum Gasteiger partial charge on any atom is -0.398 e. The lowest BCUT2D eigenvalue weighted by Crippen LogP contribution is -2.28. The zero-order valence-corrected chi connectivity index (χ0v) is 13.5. The van der Waals surface area contributed by atoms with Crippen LogP contribution in [-0.2, 0) is 10.0 Å². The van der Waals surface area contributed by atoms with Gasteiger partial charge in [-0.1, -0.05) is 19.4 Å². The molecule has 5 heteroatoms. The number of aryl methyl sites for hydroxylation is 2. The Bertz CT molecular complexity index is 623. The second kappa shape index (κ2) is 5.37. The third-order valence-corrected chi connectivity index (χ3v) is 5.90. The molecule has 1 aliphatic rings. The number of benzene rings is 1. The third kappa shape index (κ3) is 2.83. The molecule has 0 bridgehead atoms. The number of anilines is 1. The van der Waals surface area contributed by atoms with Crippen LogP contribution in [0.15, 0.2) is 11.0 Å². The highest BCUT2D eigenvalue weighted by molar-refractivity contribution is 7.89. The van der Waals surface area contributed by atoms with Crippen molar-refractivity contribution < 1.29 is 8.42 Å². The summed E-state index contributed by atoms with van der Waals surface area (Å²) in [5, 5.41) is 0. The predicted molar refractivity (Wildman–Crippen MR) is 82.2 cm³/mol. The number of hydrogen-bond donors (Lipinski definition) is 2. The van der Waals surface area contributed by atoms with Crippen LogP contribution >= 0.6 is 0 Å². The van der Waals surface area contributed by atoms with Crippen molar-refractivity contribution in [2.75, 3.05) is 5.73 Å². The summed E-state index contributed by atoms with van der Waals surface area (Å²) < 4.78 is 28.0. The summed E-state index contributed by atoms with van der Waals surface area (Å²) >= 11 is 0. The fraction of sp³-hybridized carbons (Fsp3) is 0.600. The Morgan fingerprint density at radius 2 is 1.95 bits per heavy atom. The quantitative estimate of drug-likeness (QED) is 0.821. The zero-order chi connectivity index (χ0) is 15.1. The summed E-state index contributed by atoms with van der Waals surface area (Å²) in [5.41, 5.74) is 8.88. The number of rotatable bonds is 5. The van der Waals surface area contributed by atoms with E-state index in [0.29, 0.717) is 22.1 Å². The molecule has 1 fully saturated rings. The van der Waals surface area contributed by atoms with Crippen molar-refractivity contribution in [2.24, 2.45) is 5.92 Å². The molecule has 2 atom stereocenters. The highest BCUT2D eigenvalue weighted by Crippen LogP contribution is 2.37. The van der Waals surface area contributed by atoms with E-state index in [4.69, 9.17) is 5.73 Å². The van der Waals surface area contributed by atoms with E-state index >= 15 is 0 Å². The van der Waals surface area contributed by atoms with Crippen LogP contribution in [0.4, 0.5) is 5.69 Å². The van der Waals surface area contributed by atoms with E-state index in [2.05, 4.69) is 11.6 Å². The first-order valence-electron chi connectivity index (χ1n) is 7.16. The van der Waals surface area contributed by atoms with Gasteiger partial charge in [0.05, 0.1) is 4.90 Å². The maximum Gasteiger partial charge on any atom is 0.241 e. The normalized spacial score (nSPS) is 22.0. The van der Waals surface area contributed by atoms with E-state index in [1.165, 1.54) is 0 Å². The molecule has 1 aliphatic carbocycles. The molecule has 0 amide bonds. The predicted octanol–water partition coefficient (Wildman–Crippen LogP) is 2.66. The molecule has 1 saturated carbocycles. The molecule has 0 heterocycles. The lowest BCUT2D eigenvalue weighted by Gasteiger charge is -2.15. The summed E-state index contributed by atoms with van der Waals surface area (Å²) in [6.07, 6.45) is 3.13. The van der Waals surface area contributed by atoms with Gasteiger partial charge in [-0.25, -0.2) is 13.1 Å². The van der Waals surface area contributed by atoms with Gasteiger partial charge in [0.15, 0.2) is 0 Å². The Kier molecular flexibility index (Phi) is 4.12. The molecule has 0 radical (unpaired) electrons. The van der Waals surface area contributed by atoms with E-state index in [0.717, 1.165) is 30.4 Å². The Labute approximate surface area is 121 Å². The standard InChI is InChI=1S/C15H24N2O2S/c1-5-6-12-8-13(12)17-20(18,19)15-10(3)7-9(2)14(16)11(15)4/h7,12-13,17H,5-6,8,16H2,1-4H3. The van der Waals surface area contributed by atoms with Crippen molar-refractivity contribution in [1.29, 1.82) is 0 Å². The highest BCUT2D eigenvalue weighted by Gasteiger charge is 2.40. The molecule has 2 unspecified atom stereocenters. The number of nitrogens with one attached hydrogen (secondary N) is 1. The van der Waals surface area contributed by atoms with E-state index < -0.39 is 10.0 Å². The van der Waals surface area contributed by atoms with Gasteiger partial charge in [-0.3, -0.25) is 0 Å². The van der Waals surface area contributed by atoms with Crippen LogP contribution in [0.2, 0.25) is 0 Å². The van der Waals surface area contributed by atoms with Crippen molar-refractivity contribution in [3.05, 3.63) is 22.8 Å². The minimum absolute atomic E-state index is 0.0984. The number of sulfonamides is 1. The summed E-state index contributed by atoms with van der Waals surface area (Å²) in [7, 11) is -3.48. The van der Waals surface area contributed by atoms with Crippen LogP contribution in [0, 0.1) is 26.7 Å². The van der Waals surface area contributed by atoms with Gasteiger partial charge in [0, 0.05) is 11.7 Å². The van der Waals surface area contributed by atoms with E-state index in [1.54, 1.807) is 6.92 Å². The SMILES string of the molecule is CCCC1CC1NS(=O)(=O)c1c(C)cc(C)c(N)c1C. The molecule has 1 aromatic carbocycles. The van der Waals surface area contributed by atoms with Gasteiger partial charge in [0.2, 0.25) is 10.0 Å². The molecule has 1 aromatic rings. The van der Waals surface area contributed by atoms with Crippen LogP contribution in [0.25, 0.3) is 0 Å². The van der Waals surface area contributed by atoms with Crippen LogP contribution in [0.5, 0.6) is 0 Å². The van der Waals surface area contributed by atoms with Crippen LogP contribution in [-0.4, -0.2) is 14.5 Å². The maximum absolute atomic E-state index is 12.6. The molecule has 3 N–H and O–H groups in total. The van der Waals surface area contributed by atoms with Gasteiger partial charge in [-0.05, 0) is 56.2 Å². The van der Waals surface area contributed by atoms with Gasteiger partial charge in [-0.15, -0.1) is 0 Å². The van der Waals surface area contributed by atoms with E-state index in [-0.39, 0.29) is 6.04 Å². The van der Waals surface area contributed by atoms with Crippen molar-refractivity contribution in [3.63, 3.8) is 0 Å². The Morgan fingerprint density at radius 3 is 2.55 bits per heavy atom.